The molecule has 1 heterocycles. The quantitative estimate of drug-likeness (QED) is 0.674. The van der Waals surface area contributed by atoms with E-state index in [0.29, 0.717) is 6.54 Å². The van der Waals surface area contributed by atoms with Gasteiger partial charge in [-0.3, -0.25) is 4.79 Å². The Labute approximate surface area is 90.4 Å². The number of aliphatic hydroxyl groups excluding tert-OH is 1. The summed E-state index contributed by atoms with van der Waals surface area (Å²) in [4.78, 5) is 13.6. The van der Waals surface area contributed by atoms with Crippen molar-refractivity contribution in [3.63, 3.8) is 0 Å². The lowest BCUT2D eigenvalue weighted by Crippen LogP contribution is -2.43. The van der Waals surface area contributed by atoms with Crippen LogP contribution in [-0.2, 0) is 4.79 Å². The summed E-state index contributed by atoms with van der Waals surface area (Å²) in [6, 6.07) is -0.417. The molecule has 2 atom stereocenters. The van der Waals surface area contributed by atoms with Crippen LogP contribution in [0.15, 0.2) is 0 Å². The second-order valence-corrected chi connectivity index (χ2v) is 5.10. The zero-order valence-electron chi connectivity index (χ0n) is 9.28. The molecule has 3 N–H and O–H groups in total. The number of likely N-dealkylation sites (tertiary alicyclic amines) is 1. The number of amides is 1. The molecule has 0 unspecified atom stereocenters. The van der Waals surface area contributed by atoms with Crippen LogP contribution in [0.2, 0.25) is 0 Å². The van der Waals surface area contributed by atoms with Crippen LogP contribution in [-0.4, -0.2) is 41.7 Å². The molecule has 1 aliphatic heterocycles. The molecule has 1 saturated carbocycles. The summed E-state index contributed by atoms with van der Waals surface area (Å²) < 4.78 is 0. The highest BCUT2D eigenvalue weighted by Gasteiger charge is 2.51. The van der Waals surface area contributed by atoms with E-state index >= 15 is 0 Å². The van der Waals surface area contributed by atoms with Crippen molar-refractivity contribution in [2.45, 2.75) is 32.2 Å². The van der Waals surface area contributed by atoms with Crippen molar-refractivity contribution in [2.24, 2.45) is 17.1 Å². The van der Waals surface area contributed by atoms with Gasteiger partial charge in [0.2, 0.25) is 5.91 Å². The Balaban J connectivity index is 2.05. The third-order valence-corrected chi connectivity index (χ3v) is 4.08. The Morgan fingerprint density at radius 3 is 2.67 bits per heavy atom. The minimum absolute atomic E-state index is 0.0252. The molecule has 86 valence electrons. The first-order chi connectivity index (χ1) is 7.09. The van der Waals surface area contributed by atoms with Crippen LogP contribution >= 0.6 is 0 Å². The number of carbonyl (C=O) groups excluding carboxylic acids is 1. The summed E-state index contributed by atoms with van der Waals surface area (Å²) in [6.07, 6.45) is 3.54. The van der Waals surface area contributed by atoms with Gasteiger partial charge in [0, 0.05) is 25.6 Å². The largest absolute Gasteiger partial charge is 0.396 e. The van der Waals surface area contributed by atoms with Crippen LogP contribution in [0.3, 0.4) is 0 Å². The number of rotatable bonds is 2. The maximum Gasteiger partial charge on any atom is 0.239 e. The second kappa shape index (κ2) is 3.76. The zero-order valence-corrected chi connectivity index (χ0v) is 9.28. The van der Waals surface area contributed by atoms with Crippen LogP contribution in [0.4, 0.5) is 0 Å². The monoisotopic (exact) mass is 212 g/mol. The van der Waals surface area contributed by atoms with E-state index in [9.17, 15) is 9.90 Å². The molecule has 0 aromatic heterocycles. The lowest BCUT2D eigenvalue weighted by Gasteiger charge is -2.42. The summed E-state index contributed by atoms with van der Waals surface area (Å²) >= 11 is 0. The molecule has 2 aliphatic rings. The fraction of sp³-hybridized carbons (Fsp3) is 0.909. The summed E-state index contributed by atoms with van der Waals surface area (Å²) in [5, 5.41) is 9.34. The molecule has 0 bridgehead atoms. The molecule has 1 spiro atoms. The molecule has 1 aliphatic carbocycles. The maximum absolute atomic E-state index is 11.8. The Kier molecular flexibility index (Phi) is 2.73. The maximum atomic E-state index is 11.8. The van der Waals surface area contributed by atoms with E-state index in [1.54, 1.807) is 6.92 Å². The highest BCUT2D eigenvalue weighted by atomic mass is 16.3. The lowest BCUT2D eigenvalue weighted by molar-refractivity contribution is -0.131. The fourth-order valence-electron chi connectivity index (χ4n) is 2.94. The van der Waals surface area contributed by atoms with Gasteiger partial charge in [0.15, 0.2) is 0 Å². The zero-order chi connectivity index (χ0) is 11.1. The van der Waals surface area contributed by atoms with Gasteiger partial charge in [-0.1, -0.05) is 6.42 Å². The summed E-state index contributed by atoms with van der Waals surface area (Å²) in [6.45, 7) is 3.42. The topological polar surface area (TPSA) is 66.6 Å². The first kappa shape index (κ1) is 10.9. The lowest BCUT2D eigenvalue weighted by atomic mass is 9.63. The fourth-order valence-corrected chi connectivity index (χ4v) is 2.94. The predicted octanol–water partition coefficient (Wildman–Crippen LogP) is -0.0454. The standard InChI is InChI=1S/C11H20N2O2/c1-8(12)10(15)13-5-9(6-14)11(7-13)3-2-4-11/h8-9,14H,2-7,12H2,1H3/t8-,9+/m1/s1. The number of nitrogens with two attached hydrogens (primary N) is 1. The van der Waals surface area contributed by atoms with Crippen molar-refractivity contribution in [3.8, 4) is 0 Å². The van der Waals surface area contributed by atoms with Gasteiger partial charge in [-0.25, -0.2) is 0 Å². The predicted molar refractivity (Wildman–Crippen MR) is 57.1 cm³/mol. The minimum atomic E-state index is -0.417. The van der Waals surface area contributed by atoms with Crippen molar-refractivity contribution >= 4 is 5.91 Å². The van der Waals surface area contributed by atoms with E-state index in [2.05, 4.69) is 0 Å². The third kappa shape index (κ3) is 1.66. The van der Waals surface area contributed by atoms with Crippen molar-refractivity contribution in [1.82, 2.24) is 4.90 Å². The molecule has 1 saturated heterocycles. The summed E-state index contributed by atoms with van der Waals surface area (Å²) in [5.74, 6) is 0.297. The van der Waals surface area contributed by atoms with Crippen LogP contribution in [0.1, 0.15) is 26.2 Å². The first-order valence-corrected chi connectivity index (χ1v) is 5.74. The molecule has 0 aromatic carbocycles. The van der Waals surface area contributed by atoms with Crippen LogP contribution in [0.25, 0.3) is 0 Å². The van der Waals surface area contributed by atoms with Crippen molar-refractivity contribution in [1.29, 1.82) is 0 Å². The summed E-state index contributed by atoms with van der Waals surface area (Å²) in [5.41, 5.74) is 5.82. The van der Waals surface area contributed by atoms with Gasteiger partial charge in [-0.2, -0.15) is 0 Å². The SMILES string of the molecule is C[C@@H](N)C(=O)N1C[C@@H](CO)C2(CCC2)C1. The molecular formula is C11H20N2O2. The van der Waals surface area contributed by atoms with Crippen LogP contribution in [0.5, 0.6) is 0 Å². The van der Waals surface area contributed by atoms with Crippen molar-refractivity contribution < 1.29 is 9.90 Å². The Bertz CT molecular complexity index is 261. The van der Waals surface area contributed by atoms with Crippen molar-refractivity contribution in [3.05, 3.63) is 0 Å². The summed E-state index contributed by atoms with van der Waals surface area (Å²) in [7, 11) is 0. The number of hydrogen-bond donors (Lipinski definition) is 2. The Morgan fingerprint density at radius 1 is 1.67 bits per heavy atom. The number of nitrogens with zero attached hydrogens (tertiary/aromatic N) is 1. The molecule has 2 fully saturated rings. The number of carbonyl (C=O) groups is 1. The van der Waals surface area contributed by atoms with E-state index in [0.717, 1.165) is 19.4 Å². The number of hydrogen-bond acceptors (Lipinski definition) is 3. The molecular weight excluding hydrogens is 192 g/mol. The third-order valence-electron chi connectivity index (χ3n) is 4.08. The van der Waals surface area contributed by atoms with E-state index < -0.39 is 6.04 Å². The number of aliphatic hydroxyl groups is 1. The van der Waals surface area contributed by atoms with E-state index in [1.165, 1.54) is 6.42 Å². The van der Waals surface area contributed by atoms with Gasteiger partial charge < -0.3 is 15.7 Å². The minimum Gasteiger partial charge on any atom is -0.396 e. The molecule has 15 heavy (non-hydrogen) atoms. The second-order valence-electron chi connectivity index (χ2n) is 5.10. The average molecular weight is 212 g/mol. The molecule has 0 radical (unpaired) electrons. The molecule has 4 heteroatoms. The molecule has 1 amide bonds. The van der Waals surface area contributed by atoms with Gasteiger partial charge in [-0.05, 0) is 25.2 Å². The van der Waals surface area contributed by atoms with E-state index in [4.69, 9.17) is 5.73 Å². The average Bonchev–Trinajstić information content (AvgIpc) is 2.55. The van der Waals surface area contributed by atoms with Gasteiger partial charge in [0.25, 0.3) is 0 Å². The highest BCUT2D eigenvalue weighted by Crippen LogP contribution is 2.51. The van der Waals surface area contributed by atoms with Gasteiger partial charge in [-0.15, -0.1) is 0 Å². The van der Waals surface area contributed by atoms with Gasteiger partial charge >= 0.3 is 0 Å². The molecule has 2 rings (SSSR count). The van der Waals surface area contributed by atoms with E-state index in [1.807, 2.05) is 4.90 Å². The van der Waals surface area contributed by atoms with Crippen LogP contribution < -0.4 is 5.73 Å². The van der Waals surface area contributed by atoms with Crippen LogP contribution in [0, 0.1) is 11.3 Å². The van der Waals surface area contributed by atoms with Crippen molar-refractivity contribution in [2.75, 3.05) is 19.7 Å². The van der Waals surface area contributed by atoms with Gasteiger partial charge in [0.1, 0.15) is 0 Å². The Morgan fingerprint density at radius 2 is 2.33 bits per heavy atom. The highest BCUT2D eigenvalue weighted by molar-refractivity contribution is 5.81. The Hall–Kier alpha value is -0.610. The normalized spacial score (nSPS) is 30.3. The smallest absolute Gasteiger partial charge is 0.239 e. The van der Waals surface area contributed by atoms with Gasteiger partial charge in [0.05, 0.1) is 6.04 Å². The molecule has 4 nitrogen and oxygen atoms in total. The molecule has 0 aromatic rings. The van der Waals surface area contributed by atoms with E-state index in [-0.39, 0.29) is 23.8 Å². The first-order valence-electron chi connectivity index (χ1n) is 5.74.